The summed E-state index contributed by atoms with van der Waals surface area (Å²) in [6.45, 7) is 3.44. The summed E-state index contributed by atoms with van der Waals surface area (Å²) >= 11 is 0. The Bertz CT molecular complexity index is 597. The Morgan fingerprint density at radius 1 is 1.28 bits per heavy atom. The van der Waals surface area contributed by atoms with Crippen molar-refractivity contribution in [2.45, 2.75) is 51.0 Å². The quantitative estimate of drug-likeness (QED) is 0.388. The fourth-order valence-electron chi connectivity index (χ4n) is 3.43. The highest BCUT2D eigenvalue weighted by Gasteiger charge is 2.41. The molecule has 140 valence electrons. The van der Waals surface area contributed by atoms with Crippen LogP contribution >= 0.6 is 24.0 Å². The molecule has 2 aliphatic heterocycles. The van der Waals surface area contributed by atoms with E-state index >= 15 is 0 Å². The summed E-state index contributed by atoms with van der Waals surface area (Å²) in [4.78, 5) is 4.71. The summed E-state index contributed by atoms with van der Waals surface area (Å²) in [6.07, 6.45) is 4.17. The van der Waals surface area contributed by atoms with Crippen LogP contribution in [0.15, 0.2) is 23.2 Å². The lowest BCUT2D eigenvalue weighted by atomic mass is 9.96. The first-order chi connectivity index (χ1) is 11.7. The minimum Gasteiger partial charge on any atom is -0.497 e. The van der Waals surface area contributed by atoms with Gasteiger partial charge in [-0.25, -0.2) is 4.99 Å². The molecule has 0 saturated carbocycles. The molecule has 3 rings (SSSR count). The average Bonchev–Trinajstić information content (AvgIpc) is 3.22. The second kappa shape index (κ2) is 9.47. The fourth-order valence-corrected chi connectivity index (χ4v) is 3.43. The van der Waals surface area contributed by atoms with E-state index in [-0.39, 0.29) is 24.0 Å². The summed E-state index contributed by atoms with van der Waals surface area (Å²) in [5.74, 6) is 2.40. The molecular weight excluding hydrogens is 433 g/mol. The van der Waals surface area contributed by atoms with E-state index in [0.717, 1.165) is 42.4 Å². The van der Waals surface area contributed by atoms with E-state index in [0.29, 0.717) is 24.8 Å². The Labute approximate surface area is 166 Å². The molecule has 2 fully saturated rings. The first-order valence-corrected chi connectivity index (χ1v) is 8.64. The van der Waals surface area contributed by atoms with Crippen LogP contribution < -0.4 is 20.1 Å². The molecule has 2 heterocycles. The molecular formula is C18H28IN3O3. The topological polar surface area (TPSA) is 64.1 Å². The van der Waals surface area contributed by atoms with Crippen molar-refractivity contribution in [3.05, 3.63) is 23.8 Å². The lowest BCUT2D eigenvalue weighted by Gasteiger charge is -2.22. The zero-order valence-corrected chi connectivity index (χ0v) is 17.4. The Morgan fingerprint density at radius 3 is 2.72 bits per heavy atom. The van der Waals surface area contributed by atoms with Gasteiger partial charge in [0.2, 0.25) is 0 Å². The Hall–Kier alpha value is -1.22. The normalized spacial score (nSPS) is 24.6. The van der Waals surface area contributed by atoms with Crippen LogP contribution in [-0.2, 0) is 11.3 Å². The molecule has 0 spiro atoms. The fraction of sp³-hybridized carbons (Fsp3) is 0.611. The van der Waals surface area contributed by atoms with E-state index < -0.39 is 0 Å². The number of nitrogens with one attached hydrogen (secondary N) is 2. The van der Waals surface area contributed by atoms with E-state index in [1.165, 1.54) is 6.42 Å². The van der Waals surface area contributed by atoms with Gasteiger partial charge < -0.3 is 24.8 Å². The third-order valence-corrected chi connectivity index (χ3v) is 4.67. The molecule has 3 unspecified atom stereocenters. The first kappa shape index (κ1) is 20.1. The standard InChI is InChI=1S/C18H27N3O3.HI/c1-4-19-18(21-15-9-14-7-8-16(15)24-14)20-11-12-5-6-13(22-2)10-17(12)23-3;/h5-6,10,14-16H,4,7-9,11H2,1-3H3,(H2,19,20,21);1H. The van der Waals surface area contributed by atoms with Gasteiger partial charge in [-0.05, 0) is 38.3 Å². The molecule has 25 heavy (non-hydrogen) atoms. The highest BCUT2D eigenvalue weighted by Crippen LogP contribution is 2.34. The van der Waals surface area contributed by atoms with Gasteiger partial charge in [0.15, 0.2) is 5.96 Å². The van der Waals surface area contributed by atoms with Crippen molar-refractivity contribution in [1.82, 2.24) is 10.6 Å². The molecule has 3 atom stereocenters. The molecule has 1 aromatic carbocycles. The number of ether oxygens (including phenoxy) is 3. The van der Waals surface area contributed by atoms with Crippen LogP contribution in [0.3, 0.4) is 0 Å². The lowest BCUT2D eigenvalue weighted by Crippen LogP contribution is -2.47. The monoisotopic (exact) mass is 461 g/mol. The molecule has 1 aromatic rings. The van der Waals surface area contributed by atoms with Crippen LogP contribution in [0.4, 0.5) is 0 Å². The van der Waals surface area contributed by atoms with Crippen molar-refractivity contribution in [3.8, 4) is 11.5 Å². The zero-order chi connectivity index (χ0) is 16.9. The van der Waals surface area contributed by atoms with Crippen LogP contribution in [0.5, 0.6) is 11.5 Å². The minimum atomic E-state index is 0. The number of rotatable bonds is 6. The highest BCUT2D eigenvalue weighted by atomic mass is 127. The maximum atomic E-state index is 5.91. The Kier molecular flexibility index (Phi) is 7.61. The number of nitrogens with zero attached hydrogens (tertiary/aromatic N) is 1. The van der Waals surface area contributed by atoms with Crippen LogP contribution in [0.2, 0.25) is 0 Å². The van der Waals surface area contributed by atoms with Gasteiger partial charge in [-0.2, -0.15) is 0 Å². The van der Waals surface area contributed by atoms with Crippen molar-refractivity contribution in [1.29, 1.82) is 0 Å². The number of benzene rings is 1. The zero-order valence-electron chi connectivity index (χ0n) is 15.1. The van der Waals surface area contributed by atoms with Gasteiger partial charge in [0.1, 0.15) is 11.5 Å². The third kappa shape index (κ3) is 4.91. The molecule has 0 aromatic heterocycles. The maximum absolute atomic E-state index is 5.91. The van der Waals surface area contributed by atoms with Crippen LogP contribution in [0.25, 0.3) is 0 Å². The van der Waals surface area contributed by atoms with Gasteiger partial charge >= 0.3 is 0 Å². The predicted octanol–water partition coefficient (Wildman–Crippen LogP) is 2.70. The number of hydrogen-bond acceptors (Lipinski definition) is 4. The minimum absolute atomic E-state index is 0. The number of hydrogen-bond donors (Lipinski definition) is 2. The summed E-state index contributed by atoms with van der Waals surface area (Å²) in [5.41, 5.74) is 1.03. The SMILES string of the molecule is CCNC(=NCc1ccc(OC)cc1OC)NC1CC2CCC1O2.I. The highest BCUT2D eigenvalue weighted by molar-refractivity contribution is 14.0. The van der Waals surface area contributed by atoms with Gasteiger partial charge in [0.05, 0.1) is 39.0 Å². The Morgan fingerprint density at radius 2 is 2.12 bits per heavy atom. The van der Waals surface area contributed by atoms with E-state index in [1.807, 2.05) is 18.2 Å². The van der Waals surface area contributed by atoms with E-state index in [9.17, 15) is 0 Å². The number of methoxy groups -OCH3 is 2. The van der Waals surface area contributed by atoms with Crippen molar-refractivity contribution in [3.63, 3.8) is 0 Å². The predicted molar refractivity (Wildman–Crippen MR) is 109 cm³/mol. The molecule has 0 radical (unpaired) electrons. The van der Waals surface area contributed by atoms with Crippen molar-refractivity contribution in [2.24, 2.45) is 4.99 Å². The van der Waals surface area contributed by atoms with E-state index in [1.54, 1.807) is 14.2 Å². The molecule has 2 aliphatic rings. The van der Waals surface area contributed by atoms with E-state index in [2.05, 4.69) is 17.6 Å². The molecule has 0 amide bonds. The Balaban J connectivity index is 0.00000225. The largest absolute Gasteiger partial charge is 0.497 e. The molecule has 2 N–H and O–H groups in total. The van der Waals surface area contributed by atoms with Gasteiger partial charge in [0, 0.05) is 18.2 Å². The number of aliphatic imine (C=N–C) groups is 1. The second-order valence-corrected chi connectivity index (χ2v) is 6.23. The molecule has 0 aliphatic carbocycles. The second-order valence-electron chi connectivity index (χ2n) is 6.23. The molecule has 7 heteroatoms. The van der Waals surface area contributed by atoms with Gasteiger partial charge in [-0.1, -0.05) is 0 Å². The maximum Gasteiger partial charge on any atom is 0.191 e. The van der Waals surface area contributed by atoms with Crippen molar-refractivity contribution < 1.29 is 14.2 Å². The summed E-state index contributed by atoms with van der Waals surface area (Å²) in [6, 6.07) is 6.16. The van der Waals surface area contributed by atoms with Gasteiger partial charge in [-0.15, -0.1) is 24.0 Å². The summed E-state index contributed by atoms with van der Waals surface area (Å²) in [5, 5.41) is 6.84. The number of fused-ring (bicyclic) bond motifs is 2. The van der Waals surface area contributed by atoms with Crippen molar-refractivity contribution in [2.75, 3.05) is 20.8 Å². The van der Waals surface area contributed by atoms with Crippen LogP contribution in [0, 0.1) is 0 Å². The van der Waals surface area contributed by atoms with E-state index in [4.69, 9.17) is 19.2 Å². The molecule has 2 saturated heterocycles. The number of guanidine groups is 1. The van der Waals surface area contributed by atoms with Gasteiger partial charge in [-0.3, -0.25) is 0 Å². The molecule has 2 bridgehead atoms. The number of halogens is 1. The molecule has 6 nitrogen and oxygen atoms in total. The van der Waals surface area contributed by atoms with Crippen molar-refractivity contribution >= 4 is 29.9 Å². The smallest absolute Gasteiger partial charge is 0.191 e. The summed E-state index contributed by atoms with van der Waals surface area (Å²) < 4.78 is 16.6. The van der Waals surface area contributed by atoms with Crippen LogP contribution in [-0.4, -0.2) is 45.0 Å². The van der Waals surface area contributed by atoms with Gasteiger partial charge in [0.25, 0.3) is 0 Å². The summed E-state index contributed by atoms with van der Waals surface area (Å²) in [7, 11) is 3.31. The van der Waals surface area contributed by atoms with Crippen LogP contribution in [0.1, 0.15) is 31.7 Å². The lowest BCUT2D eigenvalue weighted by molar-refractivity contribution is 0.0992. The average molecular weight is 461 g/mol. The first-order valence-electron chi connectivity index (χ1n) is 8.64. The third-order valence-electron chi connectivity index (χ3n) is 4.67.